The number of amides is 1. The summed E-state index contributed by atoms with van der Waals surface area (Å²) in [7, 11) is 0. The predicted molar refractivity (Wildman–Crippen MR) is 72.5 cm³/mol. The summed E-state index contributed by atoms with van der Waals surface area (Å²) >= 11 is 5.22. The van der Waals surface area contributed by atoms with Crippen LogP contribution < -0.4 is 5.32 Å². The molecule has 1 atom stereocenters. The van der Waals surface area contributed by atoms with E-state index >= 15 is 0 Å². The fourth-order valence-corrected chi connectivity index (χ4v) is 3.62. The van der Waals surface area contributed by atoms with E-state index < -0.39 is 6.09 Å². The van der Waals surface area contributed by atoms with Crippen molar-refractivity contribution in [2.75, 3.05) is 5.75 Å². The molecule has 0 fully saturated rings. The fraction of sp³-hybridized carbons (Fsp3) is 0.417. The summed E-state index contributed by atoms with van der Waals surface area (Å²) in [5.74, 6) is 0.909. The lowest BCUT2D eigenvalue weighted by atomic mass is 9.81. The Morgan fingerprint density at radius 2 is 2.29 bits per heavy atom. The highest BCUT2D eigenvalue weighted by atomic mass is 79.9. The molecule has 0 saturated heterocycles. The summed E-state index contributed by atoms with van der Waals surface area (Å²) in [5.41, 5.74) is 0.972. The Hall–Kier alpha value is -0.680. The van der Waals surface area contributed by atoms with Crippen LogP contribution >= 0.6 is 27.7 Å². The summed E-state index contributed by atoms with van der Waals surface area (Å²) < 4.78 is 0.978. The second-order valence-electron chi connectivity index (χ2n) is 4.84. The number of hydrogen-bond donors (Lipinski definition) is 2. The van der Waals surface area contributed by atoms with E-state index in [1.807, 2.05) is 18.2 Å². The van der Waals surface area contributed by atoms with Crippen LogP contribution in [0.2, 0.25) is 0 Å². The number of halogens is 1. The maximum absolute atomic E-state index is 10.9. The van der Waals surface area contributed by atoms with Crippen LogP contribution in [-0.2, 0) is 0 Å². The first kappa shape index (κ1) is 12.8. The third-order valence-corrected chi connectivity index (χ3v) is 5.00. The van der Waals surface area contributed by atoms with Gasteiger partial charge in [0.05, 0.1) is 6.04 Å². The first-order valence-corrected chi connectivity index (χ1v) is 7.10. The van der Waals surface area contributed by atoms with Crippen LogP contribution in [0.5, 0.6) is 0 Å². The van der Waals surface area contributed by atoms with Crippen LogP contribution in [-0.4, -0.2) is 17.0 Å². The number of thioether (sulfide) groups is 1. The molecule has 1 aliphatic heterocycles. The van der Waals surface area contributed by atoms with Gasteiger partial charge in [-0.05, 0) is 29.2 Å². The van der Waals surface area contributed by atoms with Crippen LogP contribution in [0, 0.1) is 5.41 Å². The number of hydrogen-bond acceptors (Lipinski definition) is 2. The van der Waals surface area contributed by atoms with Crippen LogP contribution in [0.25, 0.3) is 0 Å². The van der Waals surface area contributed by atoms with Gasteiger partial charge in [0.1, 0.15) is 0 Å². The average Bonchev–Trinajstić information content (AvgIpc) is 2.22. The van der Waals surface area contributed by atoms with E-state index in [1.165, 1.54) is 0 Å². The van der Waals surface area contributed by atoms with Crippen LogP contribution in [0.4, 0.5) is 4.79 Å². The zero-order chi connectivity index (χ0) is 12.6. The molecule has 1 unspecified atom stereocenters. The lowest BCUT2D eigenvalue weighted by Gasteiger charge is -2.39. The molecular weight excluding hydrogens is 302 g/mol. The highest BCUT2D eigenvalue weighted by Gasteiger charge is 2.37. The molecule has 0 bridgehead atoms. The van der Waals surface area contributed by atoms with Gasteiger partial charge in [0.2, 0.25) is 0 Å². The molecular formula is C12H14BrNO2S. The van der Waals surface area contributed by atoms with E-state index in [1.54, 1.807) is 11.8 Å². The molecule has 2 N–H and O–H groups in total. The zero-order valence-electron chi connectivity index (χ0n) is 9.66. The van der Waals surface area contributed by atoms with E-state index in [9.17, 15) is 4.79 Å². The predicted octanol–water partition coefficient (Wildman–Crippen LogP) is 3.89. The maximum Gasteiger partial charge on any atom is 0.405 e. The lowest BCUT2D eigenvalue weighted by Crippen LogP contribution is -2.40. The number of carbonyl (C=O) groups is 1. The molecule has 1 aromatic carbocycles. The Balaban J connectivity index is 2.46. The van der Waals surface area contributed by atoms with Gasteiger partial charge in [0.25, 0.3) is 0 Å². The third-order valence-electron chi connectivity index (χ3n) is 2.93. The van der Waals surface area contributed by atoms with Gasteiger partial charge in [-0.2, -0.15) is 0 Å². The largest absolute Gasteiger partial charge is 0.465 e. The quantitative estimate of drug-likeness (QED) is 0.826. The normalized spacial score (nSPS) is 21.7. The van der Waals surface area contributed by atoms with Crippen molar-refractivity contribution < 1.29 is 9.90 Å². The molecule has 2 rings (SSSR count). The number of carboxylic acid groups (broad SMARTS) is 1. The van der Waals surface area contributed by atoms with Gasteiger partial charge in [-0.15, -0.1) is 11.8 Å². The Morgan fingerprint density at radius 1 is 1.59 bits per heavy atom. The van der Waals surface area contributed by atoms with Gasteiger partial charge in [-0.3, -0.25) is 0 Å². The molecule has 92 valence electrons. The van der Waals surface area contributed by atoms with Crippen molar-refractivity contribution in [3.63, 3.8) is 0 Å². The van der Waals surface area contributed by atoms with Crippen molar-refractivity contribution in [3.05, 3.63) is 28.2 Å². The highest BCUT2D eigenvalue weighted by Crippen LogP contribution is 2.47. The molecule has 1 heterocycles. The van der Waals surface area contributed by atoms with Crippen molar-refractivity contribution >= 4 is 33.8 Å². The summed E-state index contributed by atoms with van der Waals surface area (Å²) in [4.78, 5) is 12.1. The average molecular weight is 316 g/mol. The van der Waals surface area contributed by atoms with E-state index in [0.29, 0.717) is 0 Å². The Kier molecular flexibility index (Phi) is 3.41. The number of rotatable bonds is 1. The van der Waals surface area contributed by atoms with Crippen molar-refractivity contribution in [2.45, 2.75) is 24.8 Å². The van der Waals surface area contributed by atoms with Crippen LogP contribution in [0.15, 0.2) is 27.6 Å². The molecule has 0 aromatic heterocycles. The van der Waals surface area contributed by atoms with Gasteiger partial charge < -0.3 is 10.4 Å². The topological polar surface area (TPSA) is 49.3 Å². The SMILES string of the molecule is CC1(C)CSc2ccc(Br)cc2C1NC(=O)O. The second kappa shape index (κ2) is 4.53. The monoisotopic (exact) mass is 315 g/mol. The zero-order valence-corrected chi connectivity index (χ0v) is 12.1. The van der Waals surface area contributed by atoms with Crippen molar-refractivity contribution in [2.24, 2.45) is 5.41 Å². The molecule has 5 heteroatoms. The summed E-state index contributed by atoms with van der Waals surface area (Å²) in [5, 5.41) is 11.6. The molecule has 0 spiro atoms. The van der Waals surface area contributed by atoms with Gasteiger partial charge in [-0.25, -0.2) is 4.79 Å². The molecule has 1 aliphatic rings. The van der Waals surface area contributed by atoms with E-state index in [0.717, 1.165) is 20.7 Å². The third kappa shape index (κ3) is 2.60. The van der Waals surface area contributed by atoms with E-state index in [2.05, 4.69) is 35.1 Å². The fourth-order valence-electron chi connectivity index (χ4n) is 2.04. The first-order chi connectivity index (χ1) is 7.90. The first-order valence-electron chi connectivity index (χ1n) is 5.32. The minimum Gasteiger partial charge on any atom is -0.465 e. The summed E-state index contributed by atoms with van der Waals surface area (Å²) in [6.07, 6.45) is -0.971. The number of benzene rings is 1. The van der Waals surface area contributed by atoms with Crippen LogP contribution in [0.3, 0.4) is 0 Å². The summed E-state index contributed by atoms with van der Waals surface area (Å²) in [6, 6.07) is 5.87. The molecule has 1 amide bonds. The van der Waals surface area contributed by atoms with Gasteiger partial charge in [0, 0.05) is 15.1 Å². The standard InChI is InChI=1S/C12H14BrNO2S/c1-12(2)6-17-9-4-3-7(13)5-8(9)10(12)14-11(15)16/h3-5,10,14H,6H2,1-2H3,(H,15,16). The van der Waals surface area contributed by atoms with Crippen LogP contribution in [0.1, 0.15) is 25.5 Å². The lowest BCUT2D eigenvalue weighted by molar-refractivity contribution is 0.174. The number of nitrogens with one attached hydrogen (secondary N) is 1. The molecule has 17 heavy (non-hydrogen) atoms. The minimum atomic E-state index is -0.971. The Morgan fingerprint density at radius 3 is 2.94 bits per heavy atom. The molecule has 0 aliphatic carbocycles. The molecule has 0 radical (unpaired) electrons. The second-order valence-corrected chi connectivity index (χ2v) is 6.77. The van der Waals surface area contributed by atoms with E-state index in [4.69, 9.17) is 5.11 Å². The van der Waals surface area contributed by atoms with Gasteiger partial charge in [-0.1, -0.05) is 29.8 Å². The number of fused-ring (bicyclic) bond motifs is 1. The smallest absolute Gasteiger partial charge is 0.405 e. The highest BCUT2D eigenvalue weighted by molar-refractivity contribution is 9.10. The molecule has 3 nitrogen and oxygen atoms in total. The summed E-state index contributed by atoms with van der Waals surface area (Å²) in [6.45, 7) is 4.18. The van der Waals surface area contributed by atoms with Gasteiger partial charge >= 0.3 is 6.09 Å². The minimum absolute atomic E-state index is 0.0865. The van der Waals surface area contributed by atoms with Crippen molar-refractivity contribution in [1.82, 2.24) is 5.32 Å². The van der Waals surface area contributed by atoms with Crippen molar-refractivity contribution in [1.29, 1.82) is 0 Å². The van der Waals surface area contributed by atoms with Gasteiger partial charge in [0.15, 0.2) is 0 Å². The molecule has 0 saturated carbocycles. The van der Waals surface area contributed by atoms with Crippen molar-refractivity contribution in [3.8, 4) is 0 Å². The Labute approximate surface area is 113 Å². The Bertz CT molecular complexity index is 462. The maximum atomic E-state index is 10.9. The van der Waals surface area contributed by atoms with E-state index in [-0.39, 0.29) is 11.5 Å². The molecule has 1 aromatic rings.